The number of carbonyl (C=O) groups is 1. The molecule has 1 saturated carbocycles. The van der Waals surface area contributed by atoms with Crippen molar-refractivity contribution in [2.75, 3.05) is 0 Å². The summed E-state index contributed by atoms with van der Waals surface area (Å²) in [7, 11) is 0. The molecule has 0 aromatic heterocycles. The van der Waals surface area contributed by atoms with Crippen molar-refractivity contribution in [2.24, 2.45) is 17.8 Å². The van der Waals surface area contributed by atoms with Crippen LogP contribution in [0.15, 0.2) is 48.1 Å². The Kier molecular flexibility index (Phi) is 8.29. The second kappa shape index (κ2) is 10.9. The van der Waals surface area contributed by atoms with Crippen LogP contribution in [-0.2, 0) is 6.42 Å². The number of allylic oxidation sites excluding steroid dienone is 2. The lowest BCUT2D eigenvalue weighted by molar-refractivity contribution is 0.0695. The first-order chi connectivity index (χ1) is 14.5. The second-order valence-corrected chi connectivity index (χ2v) is 9.00. The van der Waals surface area contributed by atoms with Crippen LogP contribution < -0.4 is 0 Å². The van der Waals surface area contributed by atoms with Gasteiger partial charge in [0, 0.05) is 5.92 Å². The number of fused-ring (bicyclic) bond motifs is 1. The Labute approximate surface area is 180 Å². The van der Waals surface area contributed by atoms with Crippen LogP contribution in [0.4, 0.5) is 0 Å². The van der Waals surface area contributed by atoms with Gasteiger partial charge in [0.1, 0.15) is 0 Å². The fourth-order valence-electron chi connectivity index (χ4n) is 5.20. The highest BCUT2D eigenvalue weighted by molar-refractivity contribution is 5.89. The molecule has 2 aliphatic carbocycles. The fraction of sp³-hybridized carbons (Fsp3) is 0.577. The zero-order chi connectivity index (χ0) is 21.5. The Morgan fingerprint density at radius 3 is 2.77 bits per heavy atom. The first-order valence-electron chi connectivity index (χ1n) is 11.5. The van der Waals surface area contributed by atoms with Crippen molar-refractivity contribution in [1.29, 1.82) is 0 Å². The number of aromatic carboxylic acids is 1. The number of aryl methyl sites for hydroxylation is 1. The fourth-order valence-corrected chi connectivity index (χ4v) is 5.20. The SMILES string of the molecule is CCCCC[C@H](O)/C=C/[C@H]1[C@H]2CC(CCCc3ccccc3C(=O)O)=C[C@H]2C[C@H]1O. The first-order valence-corrected chi connectivity index (χ1v) is 11.5. The molecule has 1 aromatic rings. The summed E-state index contributed by atoms with van der Waals surface area (Å²) in [5, 5.41) is 30.0. The molecule has 3 N–H and O–H groups in total. The molecule has 4 heteroatoms. The van der Waals surface area contributed by atoms with Crippen molar-refractivity contribution in [3.63, 3.8) is 0 Å². The summed E-state index contributed by atoms with van der Waals surface area (Å²) >= 11 is 0. The van der Waals surface area contributed by atoms with Gasteiger partial charge in [-0.3, -0.25) is 0 Å². The van der Waals surface area contributed by atoms with Crippen LogP contribution in [0.1, 0.15) is 74.2 Å². The molecule has 0 amide bonds. The number of aliphatic hydroxyl groups is 2. The van der Waals surface area contributed by atoms with E-state index in [2.05, 4.69) is 19.1 Å². The predicted molar refractivity (Wildman–Crippen MR) is 119 cm³/mol. The van der Waals surface area contributed by atoms with Gasteiger partial charge in [-0.1, -0.05) is 68.2 Å². The normalized spacial score (nSPS) is 26.7. The van der Waals surface area contributed by atoms with Gasteiger partial charge in [-0.05, 0) is 62.0 Å². The van der Waals surface area contributed by atoms with Gasteiger partial charge in [-0.25, -0.2) is 4.79 Å². The van der Waals surface area contributed by atoms with E-state index in [1.165, 1.54) is 5.57 Å². The largest absolute Gasteiger partial charge is 0.478 e. The average molecular weight is 413 g/mol. The Balaban J connectivity index is 1.50. The van der Waals surface area contributed by atoms with E-state index in [0.29, 0.717) is 17.4 Å². The van der Waals surface area contributed by atoms with E-state index < -0.39 is 12.1 Å². The monoisotopic (exact) mass is 412 g/mol. The quantitative estimate of drug-likeness (QED) is 0.347. The highest BCUT2D eigenvalue weighted by Gasteiger charge is 2.43. The van der Waals surface area contributed by atoms with Gasteiger partial charge < -0.3 is 15.3 Å². The summed E-state index contributed by atoms with van der Waals surface area (Å²) in [6, 6.07) is 7.25. The van der Waals surface area contributed by atoms with Crippen molar-refractivity contribution >= 4 is 5.97 Å². The molecule has 0 heterocycles. The van der Waals surface area contributed by atoms with E-state index in [9.17, 15) is 20.1 Å². The lowest BCUT2D eigenvalue weighted by Gasteiger charge is -2.19. The summed E-state index contributed by atoms with van der Waals surface area (Å²) < 4.78 is 0. The maximum Gasteiger partial charge on any atom is 0.335 e. The van der Waals surface area contributed by atoms with Gasteiger partial charge in [0.15, 0.2) is 0 Å². The van der Waals surface area contributed by atoms with Crippen molar-refractivity contribution in [3.8, 4) is 0 Å². The second-order valence-electron chi connectivity index (χ2n) is 9.00. The van der Waals surface area contributed by atoms with Crippen molar-refractivity contribution in [2.45, 2.75) is 76.9 Å². The molecule has 2 aliphatic rings. The van der Waals surface area contributed by atoms with Gasteiger partial charge in [-0.2, -0.15) is 0 Å². The molecule has 0 unspecified atom stereocenters. The molecule has 30 heavy (non-hydrogen) atoms. The van der Waals surface area contributed by atoms with Gasteiger partial charge >= 0.3 is 5.97 Å². The van der Waals surface area contributed by atoms with Gasteiger partial charge in [-0.15, -0.1) is 0 Å². The molecule has 4 nitrogen and oxygen atoms in total. The van der Waals surface area contributed by atoms with Gasteiger partial charge in [0.2, 0.25) is 0 Å². The number of hydrogen-bond donors (Lipinski definition) is 3. The van der Waals surface area contributed by atoms with Crippen LogP contribution in [0.25, 0.3) is 0 Å². The molecule has 0 aliphatic heterocycles. The highest BCUT2D eigenvalue weighted by atomic mass is 16.4. The van der Waals surface area contributed by atoms with Crippen molar-refractivity contribution < 1.29 is 20.1 Å². The van der Waals surface area contributed by atoms with Crippen LogP contribution in [0.3, 0.4) is 0 Å². The number of benzene rings is 1. The Hall–Kier alpha value is -1.91. The summed E-state index contributed by atoms with van der Waals surface area (Å²) in [6.07, 6.45) is 14.2. The minimum Gasteiger partial charge on any atom is -0.478 e. The third-order valence-corrected chi connectivity index (χ3v) is 6.80. The lowest BCUT2D eigenvalue weighted by atomic mass is 9.88. The van der Waals surface area contributed by atoms with E-state index in [4.69, 9.17) is 0 Å². The van der Waals surface area contributed by atoms with E-state index in [0.717, 1.165) is 63.4 Å². The maximum absolute atomic E-state index is 11.4. The number of hydrogen-bond acceptors (Lipinski definition) is 3. The Morgan fingerprint density at radius 1 is 1.20 bits per heavy atom. The van der Waals surface area contributed by atoms with Crippen LogP contribution in [0.2, 0.25) is 0 Å². The van der Waals surface area contributed by atoms with Crippen LogP contribution in [0, 0.1) is 17.8 Å². The molecular formula is C26H36O4. The minimum absolute atomic E-state index is 0.123. The summed E-state index contributed by atoms with van der Waals surface area (Å²) in [4.78, 5) is 11.4. The molecule has 1 fully saturated rings. The highest BCUT2D eigenvalue weighted by Crippen LogP contribution is 2.48. The molecule has 3 rings (SSSR count). The van der Waals surface area contributed by atoms with E-state index in [1.54, 1.807) is 12.1 Å². The number of carboxylic acid groups (broad SMARTS) is 1. The number of unbranched alkanes of at least 4 members (excludes halogenated alkanes) is 2. The molecular weight excluding hydrogens is 376 g/mol. The number of carboxylic acids is 1. The molecule has 0 bridgehead atoms. The van der Waals surface area contributed by atoms with Crippen LogP contribution in [-0.4, -0.2) is 33.5 Å². The molecule has 0 spiro atoms. The smallest absolute Gasteiger partial charge is 0.335 e. The Morgan fingerprint density at radius 2 is 2.00 bits per heavy atom. The summed E-state index contributed by atoms with van der Waals surface area (Å²) in [5.41, 5.74) is 2.74. The first kappa shape index (κ1) is 22.8. The zero-order valence-electron chi connectivity index (χ0n) is 18.0. The number of rotatable bonds is 11. The van der Waals surface area contributed by atoms with Gasteiger partial charge in [0.05, 0.1) is 17.8 Å². The number of aliphatic hydroxyl groups excluding tert-OH is 2. The zero-order valence-corrected chi connectivity index (χ0v) is 18.0. The van der Waals surface area contributed by atoms with E-state index in [-0.39, 0.29) is 12.0 Å². The molecule has 1 aromatic carbocycles. The predicted octanol–water partition coefficient (Wildman–Crippen LogP) is 5.15. The van der Waals surface area contributed by atoms with E-state index >= 15 is 0 Å². The molecule has 164 valence electrons. The third-order valence-electron chi connectivity index (χ3n) is 6.80. The topological polar surface area (TPSA) is 77.8 Å². The van der Waals surface area contributed by atoms with Gasteiger partial charge in [0.25, 0.3) is 0 Å². The van der Waals surface area contributed by atoms with Crippen LogP contribution in [0.5, 0.6) is 0 Å². The van der Waals surface area contributed by atoms with E-state index in [1.807, 2.05) is 18.2 Å². The lowest BCUT2D eigenvalue weighted by Crippen LogP contribution is -2.18. The summed E-state index contributed by atoms with van der Waals surface area (Å²) in [5.74, 6) is 0.117. The maximum atomic E-state index is 11.4. The molecule has 0 saturated heterocycles. The van der Waals surface area contributed by atoms with Crippen LogP contribution >= 0.6 is 0 Å². The summed E-state index contributed by atoms with van der Waals surface area (Å²) in [6.45, 7) is 2.16. The minimum atomic E-state index is -0.860. The van der Waals surface area contributed by atoms with Crippen molar-refractivity contribution in [3.05, 3.63) is 59.2 Å². The standard InChI is InChI=1S/C26H36O4/c1-2-3-4-11-21(27)13-14-23-24-16-18(15-20(24)17-25(23)28)8-7-10-19-9-5-6-12-22(19)26(29)30/h5-6,9,12-15,20-21,23-25,27-28H,2-4,7-8,10-11,16-17H2,1H3,(H,29,30)/b14-13+/t20-,21-,23-,24-,25+/m0/s1. The third kappa shape index (κ3) is 5.83. The molecule has 0 radical (unpaired) electrons. The average Bonchev–Trinajstić information content (AvgIpc) is 3.23. The van der Waals surface area contributed by atoms with Crippen molar-refractivity contribution in [1.82, 2.24) is 0 Å². The molecule has 5 atom stereocenters. The Bertz CT molecular complexity index is 766.